The molecule has 1 aromatic heterocycles. The number of anilines is 1. The molecule has 6 heteroatoms. The Hall–Kier alpha value is -1.69. The number of aromatic nitrogens is 2. The molecule has 1 saturated heterocycles. The molecule has 0 unspecified atom stereocenters. The third-order valence-electron chi connectivity index (χ3n) is 2.95. The fraction of sp³-hybridized carbons (Fsp3) is 0.545. The Morgan fingerprint density at radius 3 is 2.53 bits per heavy atom. The molecule has 92 valence electrons. The van der Waals surface area contributed by atoms with Gasteiger partial charge in [0, 0.05) is 31.1 Å². The largest absolute Gasteiger partial charge is 0.381 e. The first-order valence-electron chi connectivity index (χ1n) is 5.57. The van der Waals surface area contributed by atoms with Gasteiger partial charge in [0.05, 0.1) is 5.56 Å². The molecule has 0 saturated carbocycles. The molecule has 0 spiro atoms. The van der Waals surface area contributed by atoms with E-state index in [9.17, 15) is 4.79 Å². The number of amides is 1. The number of nitrogens with one attached hydrogen (secondary N) is 1. The molecule has 6 nitrogen and oxygen atoms in total. The van der Waals surface area contributed by atoms with Crippen LogP contribution in [0.25, 0.3) is 0 Å². The molecule has 0 radical (unpaired) electrons. The summed E-state index contributed by atoms with van der Waals surface area (Å²) in [5, 5.41) is 3.27. The van der Waals surface area contributed by atoms with Gasteiger partial charge in [-0.1, -0.05) is 0 Å². The van der Waals surface area contributed by atoms with Gasteiger partial charge in [-0.15, -0.1) is 0 Å². The van der Waals surface area contributed by atoms with Gasteiger partial charge in [0.2, 0.25) is 5.95 Å². The molecule has 1 aliphatic heterocycles. The normalized spacial score (nSPS) is 18.6. The number of carbonyl (C=O) groups is 1. The van der Waals surface area contributed by atoms with E-state index in [2.05, 4.69) is 22.2 Å². The Bertz CT molecular complexity index is 398. The second kappa shape index (κ2) is 4.67. The second-order valence-corrected chi connectivity index (χ2v) is 4.46. The van der Waals surface area contributed by atoms with Crippen LogP contribution in [0.5, 0.6) is 0 Å². The maximum atomic E-state index is 10.9. The highest BCUT2D eigenvalue weighted by Crippen LogP contribution is 2.23. The van der Waals surface area contributed by atoms with Crippen LogP contribution in [0.3, 0.4) is 0 Å². The van der Waals surface area contributed by atoms with E-state index in [4.69, 9.17) is 10.5 Å². The van der Waals surface area contributed by atoms with Crippen molar-refractivity contribution in [3.63, 3.8) is 0 Å². The molecular weight excluding hydrogens is 220 g/mol. The predicted molar refractivity (Wildman–Crippen MR) is 62.6 cm³/mol. The van der Waals surface area contributed by atoms with Crippen molar-refractivity contribution in [1.82, 2.24) is 9.97 Å². The summed E-state index contributed by atoms with van der Waals surface area (Å²) in [6.07, 6.45) is 4.68. The van der Waals surface area contributed by atoms with Gasteiger partial charge in [-0.25, -0.2) is 9.97 Å². The second-order valence-electron chi connectivity index (χ2n) is 4.46. The number of primary amides is 1. The molecular formula is C11H16N4O2. The van der Waals surface area contributed by atoms with Gasteiger partial charge in [0.1, 0.15) is 0 Å². The lowest BCUT2D eigenvalue weighted by Crippen LogP contribution is -2.41. The van der Waals surface area contributed by atoms with Crippen LogP contribution in [0.4, 0.5) is 5.95 Å². The fourth-order valence-corrected chi connectivity index (χ4v) is 1.74. The van der Waals surface area contributed by atoms with Crippen LogP contribution in [-0.2, 0) is 4.74 Å². The van der Waals surface area contributed by atoms with Crippen molar-refractivity contribution < 1.29 is 9.53 Å². The summed E-state index contributed by atoms with van der Waals surface area (Å²) in [7, 11) is 0. The molecule has 0 aromatic carbocycles. The number of nitrogens with two attached hydrogens (primary N) is 1. The minimum absolute atomic E-state index is 0.0491. The zero-order valence-electron chi connectivity index (χ0n) is 9.77. The summed E-state index contributed by atoms with van der Waals surface area (Å²) >= 11 is 0. The molecule has 17 heavy (non-hydrogen) atoms. The molecule has 0 atom stereocenters. The first-order valence-corrected chi connectivity index (χ1v) is 5.57. The number of hydrogen-bond acceptors (Lipinski definition) is 5. The minimum Gasteiger partial charge on any atom is -0.381 e. The topological polar surface area (TPSA) is 90.1 Å². The maximum absolute atomic E-state index is 10.9. The van der Waals surface area contributed by atoms with Gasteiger partial charge < -0.3 is 15.8 Å². The molecule has 2 rings (SSSR count). The van der Waals surface area contributed by atoms with E-state index in [1.807, 2.05) is 0 Å². The zero-order chi connectivity index (χ0) is 12.3. The van der Waals surface area contributed by atoms with E-state index in [1.54, 1.807) is 0 Å². The van der Waals surface area contributed by atoms with Gasteiger partial charge in [-0.05, 0) is 19.8 Å². The summed E-state index contributed by atoms with van der Waals surface area (Å²) in [4.78, 5) is 19.0. The van der Waals surface area contributed by atoms with Crippen molar-refractivity contribution in [2.24, 2.45) is 5.73 Å². The number of rotatable bonds is 3. The van der Waals surface area contributed by atoms with Crippen molar-refractivity contribution >= 4 is 11.9 Å². The van der Waals surface area contributed by atoms with E-state index in [0.717, 1.165) is 26.1 Å². The van der Waals surface area contributed by atoms with E-state index in [0.29, 0.717) is 11.5 Å². The zero-order valence-corrected chi connectivity index (χ0v) is 9.77. The van der Waals surface area contributed by atoms with Crippen LogP contribution in [0.1, 0.15) is 30.1 Å². The third kappa shape index (κ3) is 2.91. The summed E-state index contributed by atoms with van der Waals surface area (Å²) < 4.78 is 5.31. The standard InChI is InChI=1S/C11H16N4O2/c1-11(2-4-17-5-3-11)15-10-13-6-8(7-14-10)9(12)16/h6-7H,2-5H2,1H3,(H2,12,16)(H,13,14,15). The molecule has 1 amide bonds. The summed E-state index contributed by atoms with van der Waals surface area (Å²) in [6, 6.07) is 0. The van der Waals surface area contributed by atoms with Crippen molar-refractivity contribution in [3.05, 3.63) is 18.0 Å². The van der Waals surface area contributed by atoms with Crippen molar-refractivity contribution in [2.45, 2.75) is 25.3 Å². The first-order chi connectivity index (χ1) is 8.09. The monoisotopic (exact) mass is 236 g/mol. The van der Waals surface area contributed by atoms with Crippen molar-refractivity contribution in [1.29, 1.82) is 0 Å². The number of nitrogens with zero attached hydrogens (tertiary/aromatic N) is 2. The summed E-state index contributed by atoms with van der Waals surface area (Å²) in [6.45, 7) is 3.59. The molecule has 1 aliphatic rings. The highest BCUT2D eigenvalue weighted by molar-refractivity contribution is 5.92. The van der Waals surface area contributed by atoms with E-state index in [1.165, 1.54) is 12.4 Å². The molecule has 0 bridgehead atoms. The van der Waals surface area contributed by atoms with Gasteiger partial charge >= 0.3 is 0 Å². The Kier molecular flexibility index (Phi) is 3.23. The van der Waals surface area contributed by atoms with Gasteiger partial charge in [0.25, 0.3) is 5.91 Å². The van der Waals surface area contributed by atoms with Gasteiger partial charge in [-0.2, -0.15) is 0 Å². The van der Waals surface area contributed by atoms with Crippen LogP contribution in [0.15, 0.2) is 12.4 Å². The lowest BCUT2D eigenvalue weighted by Gasteiger charge is -2.34. The van der Waals surface area contributed by atoms with Crippen LogP contribution in [0.2, 0.25) is 0 Å². The van der Waals surface area contributed by atoms with Gasteiger partial charge in [0.15, 0.2) is 0 Å². The summed E-state index contributed by atoms with van der Waals surface area (Å²) in [5.41, 5.74) is 5.38. The lowest BCUT2D eigenvalue weighted by atomic mass is 9.93. The summed E-state index contributed by atoms with van der Waals surface area (Å²) in [5.74, 6) is -0.00627. The molecule has 2 heterocycles. The third-order valence-corrected chi connectivity index (χ3v) is 2.95. The Balaban J connectivity index is 2.05. The van der Waals surface area contributed by atoms with E-state index >= 15 is 0 Å². The quantitative estimate of drug-likeness (QED) is 0.800. The van der Waals surface area contributed by atoms with Crippen molar-refractivity contribution in [2.75, 3.05) is 18.5 Å². The van der Waals surface area contributed by atoms with Crippen LogP contribution < -0.4 is 11.1 Å². The van der Waals surface area contributed by atoms with Crippen LogP contribution in [0, 0.1) is 0 Å². The highest BCUT2D eigenvalue weighted by Gasteiger charge is 2.27. The van der Waals surface area contributed by atoms with E-state index < -0.39 is 5.91 Å². The van der Waals surface area contributed by atoms with Crippen LogP contribution >= 0.6 is 0 Å². The van der Waals surface area contributed by atoms with Crippen molar-refractivity contribution in [3.8, 4) is 0 Å². The average molecular weight is 236 g/mol. The molecule has 3 N–H and O–H groups in total. The fourth-order valence-electron chi connectivity index (χ4n) is 1.74. The van der Waals surface area contributed by atoms with Gasteiger partial charge in [-0.3, -0.25) is 4.79 Å². The number of ether oxygens (including phenoxy) is 1. The lowest BCUT2D eigenvalue weighted by molar-refractivity contribution is 0.0656. The highest BCUT2D eigenvalue weighted by atomic mass is 16.5. The first kappa shape index (κ1) is 11.8. The predicted octanol–water partition coefficient (Wildman–Crippen LogP) is 0.556. The maximum Gasteiger partial charge on any atom is 0.251 e. The van der Waals surface area contributed by atoms with E-state index in [-0.39, 0.29) is 5.54 Å². The SMILES string of the molecule is CC1(Nc2ncc(C(N)=O)cn2)CCOCC1. The number of hydrogen-bond donors (Lipinski definition) is 2. The molecule has 0 aliphatic carbocycles. The molecule has 1 fully saturated rings. The molecule has 1 aromatic rings. The Morgan fingerprint density at radius 1 is 1.41 bits per heavy atom. The Morgan fingerprint density at radius 2 is 2.00 bits per heavy atom. The minimum atomic E-state index is -0.520. The smallest absolute Gasteiger partial charge is 0.251 e. The van der Waals surface area contributed by atoms with Crippen LogP contribution in [-0.4, -0.2) is 34.6 Å². The Labute approximate surface area is 99.6 Å². The number of carbonyl (C=O) groups excluding carboxylic acids is 1. The average Bonchev–Trinajstić information content (AvgIpc) is 2.30.